The van der Waals surface area contributed by atoms with E-state index in [9.17, 15) is 14.5 Å². The zero-order valence-corrected chi connectivity index (χ0v) is 10.4. The van der Waals surface area contributed by atoms with Crippen LogP contribution in [0.15, 0.2) is 29.6 Å². The van der Waals surface area contributed by atoms with Gasteiger partial charge in [-0.3, -0.25) is 9.59 Å². The van der Waals surface area contributed by atoms with Crippen LogP contribution in [0.2, 0.25) is 0 Å². The molecular formula is C12H14N2O5. The van der Waals surface area contributed by atoms with Gasteiger partial charge in [-0.15, -0.1) is 4.91 Å². The maximum absolute atomic E-state index is 11.4. The number of amides is 1. The van der Waals surface area contributed by atoms with Crippen LogP contribution in [-0.2, 0) is 14.4 Å². The number of hydrogen-bond donors (Lipinski definition) is 1. The van der Waals surface area contributed by atoms with Gasteiger partial charge in [0.1, 0.15) is 12.4 Å². The first-order valence-electron chi connectivity index (χ1n) is 5.65. The summed E-state index contributed by atoms with van der Waals surface area (Å²) in [6, 6.07) is 6.41. The Labute approximate surface area is 109 Å². The first-order valence-corrected chi connectivity index (χ1v) is 5.65. The number of hydrogen-bond acceptors (Lipinski definition) is 6. The number of nitrogens with zero attached hydrogens (tertiary/aromatic N) is 1. The minimum atomic E-state index is -0.429. The van der Waals surface area contributed by atoms with Gasteiger partial charge in [0.15, 0.2) is 5.34 Å². The predicted octanol–water partition coefficient (Wildman–Crippen LogP) is 2.03. The fourth-order valence-electron chi connectivity index (χ4n) is 1.31. The van der Waals surface area contributed by atoms with Gasteiger partial charge in [0.2, 0.25) is 5.91 Å². The van der Waals surface area contributed by atoms with Crippen molar-refractivity contribution in [3.8, 4) is 5.75 Å². The van der Waals surface area contributed by atoms with Crippen LogP contribution in [0.25, 0.3) is 0 Å². The number of ether oxygens (including phenoxy) is 1. The Bertz CT molecular complexity index is 444. The molecule has 1 rings (SSSR count). The van der Waals surface area contributed by atoms with E-state index in [-0.39, 0.29) is 18.9 Å². The van der Waals surface area contributed by atoms with Gasteiger partial charge in [-0.25, -0.2) is 0 Å². The van der Waals surface area contributed by atoms with Gasteiger partial charge in [-0.1, -0.05) is 0 Å². The van der Waals surface area contributed by atoms with Crippen molar-refractivity contribution in [2.45, 2.75) is 19.8 Å². The van der Waals surface area contributed by atoms with E-state index in [0.717, 1.165) is 0 Å². The fourth-order valence-corrected chi connectivity index (χ4v) is 1.31. The molecule has 7 nitrogen and oxygen atoms in total. The maximum Gasteiger partial charge on any atom is 0.311 e. The van der Waals surface area contributed by atoms with Crippen molar-refractivity contribution < 1.29 is 19.2 Å². The molecule has 1 aromatic rings. The van der Waals surface area contributed by atoms with Crippen LogP contribution in [0, 0.1) is 4.91 Å². The highest BCUT2D eigenvalue weighted by Gasteiger charge is 2.05. The summed E-state index contributed by atoms with van der Waals surface area (Å²) in [5.74, 6) is -0.219. The van der Waals surface area contributed by atoms with Crippen LogP contribution in [0.5, 0.6) is 5.75 Å². The molecule has 1 amide bonds. The number of benzene rings is 1. The summed E-state index contributed by atoms with van der Waals surface area (Å²) in [6.07, 6.45) is 0.484. The lowest BCUT2D eigenvalue weighted by molar-refractivity contribution is -0.134. The summed E-state index contributed by atoms with van der Waals surface area (Å²) in [6.45, 7) is 1.49. The van der Waals surface area contributed by atoms with Crippen molar-refractivity contribution in [2.24, 2.45) is 5.34 Å². The third kappa shape index (κ3) is 6.16. The average Bonchev–Trinajstić information content (AvgIpc) is 2.36. The van der Waals surface area contributed by atoms with E-state index in [0.29, 0.717) is 17.9 Å². The fraction of sp³-hybridized carbons (Fsp3) is 0.333. The number of esters is 1. The second kappa shape index (κ2) is 7.80. The summed E-state index contributed by atoms with van der Waals surface area (Å²) in [7, 11) is 0. The predicted molar refractivity (Wildman–Crippen MR) is 67.4 cm³/mol. The molecule has 0 fully saturated rings. The van der Waals surface area contributed by atoms with Crippen LogP contribution < -0.4 is 10.1 Å². The molecule has 0 bridgehead atoms. The quantitative estimate of drug-likeness (QED) is 0.268. The highest BCUT2D eigenvalue weighted by atomic mass is 16.7. The van der Waals surface area contributed by atoms with Crippen LogP contribution >= 0.6 is 0 Å². The second-order valence-corrected chi connectivity index (χ2v) is 3.69. The summed E-state index contributed by atoms with van der Waals surface area (Å²) >= 11 is 0. The molecular weight excluding hydrogens is 252 g/mol. The highest BCUT2D eigenvalue weighted by Crippen LogP contribution is 2.16. The summed E-state index contributed by atoms with van der Waals surface area (Å²) < 4.78 is 5.04. The smallest absolute Gasteiger partial charge is 0.311 e. The van der Waals surface area contributed by atoms with Gasteiger partial charge in [0.25, 0.3) is 0 Å². The highest BCUT2D eigenvalue weighted by molar-refractivity contribution is 5.88. The molecule has 1 aromatic carbocycles. The van der Waals surface area contributed by atoms with Crippen molar-refractivity contribution in [3.63, 3.8) is 0 Å². The Kier molecular flexibility index (Phi) is 6.00. The van der Waals surface area contributed by atoms with Crippen molar-refractivity contribution in [3.05, 3.63) is 29.2 Å². The third-order valence-corrected chi connectivity index (χ3v) is 2.08. The molecule has 0 unspecified atom stereocenters. The van der Waals surface area contributed by atoms with Gasteiger partial charge in [-0.05, 0) is 30.7 Å². The SMILES string of the molecule is CC(=O)Nc1ccc(OC(=O)CCCON=O)cc1. The number of carbonyl (C=O) groups is 2. The van der Waals surface area contributed by atoms with Crippen LogP contribution in [0.4, 0.5) is 5.69 Å². The second-order valence-electron chi connectivity index (χ2n) is 3.69. The van der Waals surface area contributed by atoms with Gasteiger partial charge in [0.05, 0.1) is 0 Å². The zero-order valence-electron chi connectivity index (χ0n) is 10.4. The molecule has 0 aliphatic rings. The molecule has 0 heterocycles. The molecule has 0 atom stereocenters. The Morgan fingerprint density at radius 1 is 1.26 bits per heavy atom. The molecule has 0 aromatic heterocycles. The average molecular weight is 266 g/mol. The Hall–Kier alpha value is -2.44. The zero-order chi connectivity index (χ0) is 14.1. The van der Waals surface area contributed by atoms with Crippen LogP contribution in [-0.4, -0.2) is 18.5 Å². The van der Waals surface area contributed by atoms with Gasteiger partial charge < -0.3 is 14.9 Å². The molecule has 0 aliphatic heterocycles. The van der Waals surface area contributed by atoms with E-state index >= 15 is 0 Å². The number of nitrogens with one attached hydrogen (secondary N) is 1. The molecule has 0 saturated heterocycles. The Morgan fingerprint density at radius 3 is 2.53 bits per heavy atom. The van der Waals surface area contributed by atoms with Crippen LogP contribution in [0.3, 0.4) is 0 Å². The van der Waals surface area contributed by atoms with Crippen molar-refractivity contribution in [1.29, 1.82) is 0 Å². The molecule has 0 spiro atoms. The normalized spacial score (nSPS) is 9.53. The maximum atomic E-state index is 11.4. The monoisotopic (exact) mass is 266 g/mol. The number of rotatable bonds is 7. The summed E-state index contributed by atoms with van der Waals surface area (Å²) in [5.41, 5.74) is 0.623. The Balaban J connectivity index is 2.37. The lowest BCUT2D eigenvalue weighted by Crippen LogP contribution is -2.09. The van der Waals surface area contributed by atoms with E-state index < -0.39 is 5.97 Å². The summed E-state index contributed by atoms with van der Waals surface area (Å²) in [5, 5.41) is 4.81. The lowest BCUT2D eigenvalue weighted by Gasteiger charge is -2.05. The van der Waals surface area contributed by atoms with Gasteiger partial charge >= 0.3 is 5.97 Å². The van der Waals surface area contributed by atoms with E-state index in [1.807, 2.05) is 0 Å². The van der Waals surface area contributed by atoms with Crippen LogP contribution in [0.1, 0.15) is 19.8 Å². The lowest BCUT2D eigenvalue weighted by atomic mass is 10.3. The third-order valence-electron chi connectivity index (χ3n) is 2.08. The molecule has 102 valence electrons. The standard InChI is InChI=1S/C12H14N2O5/c1-9(15)13-10-4-6-11(7-5-10)19-12(16)3-2-8-18-14-17/h4-7H,2-3,8H2,1H3,(H,13,15). The van der Waals surface area contributed by atoms with Crippen molar-refractivity contribution >= 4 is 17.6 Å². The molecule has 19 heavy (non-hydrogen) atoms. The van der Waals surface area contributed by atoms with Gasteiger partial charge in [-0.2, -0.15) is 0 Å². The van der Waals surface area contributed by atoms with Crippen molar-refractivity contribution in [2.75, 3.05) is 11.9 Å². The summed E-state index contributed by atoms with van der Waals surface area (Å²) in [4.78, 5) is 36.0. The molecule has 0 saturated carbocycles. The first kappa shape index (κ1) is 14.6. The Morgan fingerprint density at radius 2 is 1.95 bits per heavy atom. The minimum Gasteiger partial charge on any atom is -0.427 e. The van der Waals surface area contributed by atoms with E-state index in [1.165, 1.54) is 6.92 Å². The first-order chi connectivity index (χ1) is 9.11. The molecule has 0 radical (unpaired) electrons. The van der Waals surface area contributed by atoms with E-state index in [2.05, 4.69) is 15.5 Å². The number of carbonyl (C=O) groups excluding carboxylic acids is 2. The largest absolute Gasteiger partial charge is 0.427 e. The topological polar surface area (TPSA) is 94.1 Å². The minimum absolute atomic E-state index is 0.0834. The molecule has 7 heteroatoms. The van der Waals surface area contributed by atoms with Crippen molar-refractivity contribution in [1.82, 2.24) is 0 Å². The number of anilines is 1. The van der Waals surface area contributed by atoms with Gasteiger partial charge in [0, 0.05) is 19.0 Å². The molecule has 0 aliphatic carbocycles. The van der Waals surface area contributed by atoms with E-state index in [1.54, 1.807) is 24.3 Å². The molecule has 1 N–H and O–H groups in total. The van der Waals surface area contributed by atoms with E-state index in [4.69, 9.17) is 4.74 Å².